The molecule has 29 heavy (non-hydrogen) atoms. The summed E-state index contributed by atoms with van der Waals surface area (Å²) in [6, 6.07) is 3.58. The van der Waals surface area contributed by atoms with Crippen LogP contribution in [0.2, 0.25) is 5.02 Å². The Morgan fingerprint density at radius 3 is 2.52 bits per heavy atom. The molecule has 2 aromatic rings. The second-order valence-corrected chi connectivity index (χ2v) is 7.13. The van der Waals surface area contributed by atoms with Crippen molar-refractivity contribution in [2.75, 3.05) is 13.1 Å². The van der Waals surface area contributed by atoms with Gasteiger partial charge in [0.1, 0.15) is 0 Å². The Hall–Kier alpha value is -3.01. The van der Waals surface area contributed by atoms with Crippen LogP contribution in [0.3, 0.4) is 0 Å². The Bertz CT molecular complexity index is 910. The smallest absolute Gasteiger partial charge is 0.315 e. The predicted octanol–water partition coefficient (Wildman–Crippen LogP) is 2.84. The van der Waals surface area contributed by atoms with Gasteiger partial charge < -0.3 is 15.2 Å². The number of carbonyl (C=O) groups excluding carboxylic acids is 2. The van der Waals surface area contributed by atoms with Crippen molar-refractivity contribution in [2.45, 2.75) is 38.0 Å². The van der Waals surface area contributed by atoms with E-state index in [0.29, 0.717) is 5.82 Å². The number of carbonyl (C=O) groups is 2. The van der Waals surface area contributed by atoms with E-state index in [0.717, 1.165) is 31.7 Å². The second-order valence-electron chi connectivity index (χ2n) is 6.73. The number of hydrogen-bond donors (Lipinski definition) is 2. The molecule has 0 aliphatic heterocycles. The molecule has 0 atom stereocenters. The molecule has 1 aromatic carbocycles. The van der Waals surface area contributed by atoms with Crippen LogP contribution in [0.25, 0.3) is 0 Å². The third-order valence-corrected chi connectivity index (χ3v) is 5.02. The van der Waals surface area contributed by atoms with Gasteiger partial charge in [-0.05, 0) is 18.9 Å². The zero-order valence-corrected chi connectivity index (χ0v) is 16.3. The van der Waals surface area contributed by atoms with E-state index in [1.807, 2.05) is 0 Å². The third-order valence-electron chi connectivity index (χ3n) is 4.71. The van der Waals surface area contributed by atoms with E-state index in [9.17, 15) is 19.7 Å². The van der Waals surface area contributed by atoms with Crippen molar-refractivity contribution in [1.82, 2.24) is 20.8 Å². The van der Waals surface area contributed by atoms with Crippen LogP contribution >= 0.6 is 11.6 Å². The number of nitro groups is 1. The number of non-ortho nitro benzene ring substituents is 1. The first-order valence-electron chi connectivity index (χ1n) is 9.29. The maximum atomic E-state index is 12.1. The Morgan fingerprint density at radius 1 is 1.17 bits per heavy atom. The van der Waals surface area contributed by atoms with Gasteiger partial charge in [0.05, 0.1) is 15.5 Å². The summed E-state index contributed by atoms with van der Waals surface area (Å²) in [6.45, 7) is 0.262. The Balaban J connectivity index is 1.45. The van der Waals surface area contributed by atoms with E-state index in [2.05, 4.69) is 20.8 Å². The van der Waals surface area contributed by atoms with Gasteiger partial charge in [-0.2, -0.15) is 4.98 Å². The van der Waals surface area contributed by atoms with Crippen LogP contribution in [0.5, 0.6) is 0 Å². The van der Waals surface area contributed by atoms with Crippen molar-refractivity contribution in [3.8, 4) is 0 Å². The molecule has 2 N–H and O–H groups in total. The summed E-state index contributed by atoms with van der Waals surface area (Å²) in [7, 11) is 0. The molecule has 0 unspecified atom stereocenters. The lowest BCUT2D eigenvalue weighted by atomic mass is 9.89. The van der Waals surface area contributed by atoms with Crippen molar-refractivity contribution in [3.05, 3.63) is 50.6 Å². The minimum absolute atomic E-state index is 0.0261. The third kappa shape index (κ3) is 5.29. The minimum Gasteiger partial charge on any atom is -0.350 e. The number of nitrogens with one attached hydrogen (secondary N) is 2. The lowest BCUT2D eigenvalue weighted by Gasteiger charge is -2.17. The Kier molecular flexibility index (Phi) is 6.76. The number of rotatable bonds is 7. The van der Waals surface area contributed by atoms with E-state index in [1.165, 1.54) is 18.6 Å². The van der Waals surface area contributed by atoms with Crippen molar-refractivity contribution in [3.63, 3.8) is 0 Å². The van der Waals surface area contributed by atoms with Crippen molar-refractivity contribution in [2.24, 2.45) is 0 Å². The second kappa shape index (κ2) is 9.46. The van der Waals surface area contributed by atoms with Gasteiger partial charge >= 0.3 is 11.8 Å². The van der Waals surface area contributed by atoms with Gasteiger partial charge in [-0.25, -0.2) is 0 Å². The first kappa shape index (κ1) is 20.7. The predicted molar refractivity (Wildman–Crippen MR) is 103 cm³/mol. The van der Waals surface area contributed by atoms with Gasteiger partial charge in [0, 0.05) is 31.1 Å². The molecule has 0 saturated heterocycles. The van der Waals surface area contributed by atoms with E-state index in [1.54, 1.807) is 0 Å². The molecule has 11 heteroatoms. The van der Waals surface area contributed by atoms with Crippen LogP contribution in [0.1, 0.15) is 64.9 Å². The molecule has 1 aliphatic carbocycles. The van der Waals surface area contributed by atoms with Crippen molar-refractivity contribution in [1.29, 1.82) is 0 Å². The highest BCUT2D eigenvalue weighted by atomic mass is 35.5. The average molecular weight is 422 g/mol. The molecule has 154 valence electrons. The van der Waals surface area contributed by atoms with Crippen molar-refractivity contribution < 1.29 is 19.0 Å². The highest BCUT2D eigenvalue weighted by Gasteiger charge is 2.23. The first-order chi connectivity index (χ1) is 14.0. The Morgan fingerprint density at radius 2 is 1.86 bits per heavy atom. The SMILES string of the molecule is O=C(NCCNC(=O)c1ccc([N+](=O)[O-])cc1Cl)c1nc(C2CCCCC2)no1. The quantitative estimate of drug-likeness (QED) is 0.397. The van der Waals surface area contributed by atoms with E-state index in [4.69, 9.17) is 16.1 Å². The molecule has 3 rings (SSSR count). The summed E-state index contributed by atoms with van der Waals surface area (Å²) >= 11 is 5.92. The highest BCUT2D eigenvalue weighted by molar-refractivity contribution is 6.34. The molecule has 2 amide bonds. The summed E-state index contributed by atoms with van der Waals surface area (Å²) in [4.78, 5) is 38.5. The first-order valence-corrected chi connectivity index (χ1v) is 9.67. The summed E-state index contributed by atoms with van der Waals surface area (Å²) in [5, 5.41) is 19.8. The fourth-order valence-electron chi connectivity index (χ4n) is 3.18. The van der Waals surface area contributed by atoms with Crippen LogP contribution in [0, 0.1) is 10.1 Å². The van der Waals surface area contributed by atoms with E-state index in [-0.39, 0.29) is 41.2 Å². The molecule has 0 spiro atoms. The molecular weight excluding hydrogens is 402 g/mol. The maximum absolute atomic E-state index is 12.1. The number of aromatic nitrogens is 2. The number of hydrogen-bond acceptors (Lipinski definition) is 7. The average Bonchev–Trinajstić information content (AvgIpc) is 3.22. The van der Waals surface area contributed by atoms with Crippen LogP contribution in [-0.4, -0.2) is 40.0 Å². The highest BCUT2D eigenvalue weighted by Crippen LogP contribution is 2.30. The van der Waals surface area contributed by atoms with Crippen LogP contribution < -0.4 is 10.6 Å². The maximum Gasteiger partial charge on any atom is 0.315 e. The molecule has 1 saturated carbocycles. The van der Waals surface area contributed by atoms with Gasteiger partial charge in [0.15, 0.2) is 5.82 Å². The number of nitro benzene ring substituents is 1. The lowest BCUT2D eigenvalue weighted by molar-refractivity contribution is -0.384. The normalized spacial score (nSPS) is 14.4. The molecule has 0 bridgehead atoms. The van der Waals surface area contributed by atoms with Gasteiger partial charge in [-0.15, -0.1) is 0 Å². The fraction of sp³-hybridized carbons (Fsp3) is 0.444. The number of amides is 2. The zero-order valence-electron chi connectivity index (χ0n) is 15.5. The molecular formula is C18H20ClN5O5. The van der Waals surface area contributed by atoms with Gasteiger partial charge in [-0.1, -0.05) is 36.0 Å². The van der Waals surface area contributed by atoms with Crippen molar-refractivity contribution >= 4 is 29.1 Å². The summed E-state index contributed by atoms with van der Waals surface area (Å²) in [6.07, 6.45) is 5.45. The number of halogens is 1. The van der Waals surface area contributed by atoms with Gasteiger partial charge in [-0.3, -0.25) is 19.7 Å². The summed E-state index contributed by atoms with van der Waals surface area (Å²) in [5.41, 5.74) is -0.0939. The van der Waals surface area contributed by atoms with Crippen LogP contribution in [-0.2, 0) is 0 Å². The largest absolute Gasteiger partial charge is 0.350 e. The fourth-order valence-corrected chi connectivity index (χ4v) is 3.44. The lowest BCUT2D eigenvalue weighted by Crippen LogP contribution is -2.35. The zero-order chi connectivity index (χ0) is 20.8. The minimum atomic E-state index is -0.597. The van der Waals surface area contributed by atoms with Gasteiger partial charge in [0.25, 0.3) is 11.6 Å². The summed E-state index contributed by atoms with van der Waals surface area (Å²) < 4.78 is 5.04. The monoisotopic (exact) mass is 421 g/mol. The molecule has 1 heterocycles. The van der Waals surface area contributed by atoms with E-state index >= 15 is 0 Å². The summed E-state index contributed by atoms with van der Waals surface area (Å²) in [5.74, 6) is -0.315. The molecule has 0 radical (unpaired) electrons. The molecule has 1 fully saturated rings. The molecule has 1 aromatic heterocycles. The van der Waals surface area contributed by atoms with Gasteiger partial charge in [0.2, 0.25) is 0 Å². The molecule has 10 nitrogen and oxygen atoms in total. The molecule has 1 aliphatic rings. The van der Waals surface area contributed by atoms with E-state index < -0.39 is 16.7 Å². The topological polar surface area (TPSA) is 140 Å². The van der Waals surface area contributed by atoms with Crippen LogP contribution in [0.4, 0.5) is 5.69 Å². The number of nitrogens with zero attached hydrogens (tertiary/aromatic N) is 3. The van der Waals surface area contributed by atoms with Crippen LogP contribution in [0.15, 0.2) is 22.7 Å². The standard InChI is InChI=1S/C18H20ClN5O5/c19-14-10-12(24(27)28)6-7-13(14)16(25)20-8-9-21-17(26)18-22-15(23-29-18)11-4-2-1-3-5-11/h6-7,10-11H,1-5,8-9H2,(H,20,25)(H,21,26). The number of benzene rings is 1. The Labute approximate surface area is 171 Å².